The molecule has 1 N–H and O–H groups in total. The molecule has 2 atom stereocenters. The lowest BCUT2D eigenvalue weighted by Crippen LogP contribution is -2.45. The second-order valence-corrected chi connectivity index (χ2v) is 7.52. The smallest absolute Gasteiger partial charge is 0.256 e. The minimum atomic E-state index is -0.445. The quantitative estimate of drug-likeness (QED) is 0.900. The van der Waals surface area contributed by atoms with E-state index in [1.54, 1.807) is 16.7 Å². The van der Waals surface area contributed by atoms with E-state index >= 15 is 0 Å². The Kier molecular flexibility index (Phi) is 3.56. The second-order valence-electron chi connectivity index (χ2n) is 6.41. The molecule has 1 saturated heterocycles. The first-order valence-corrected chi connectivity index (χ1v) is 9.47. The van der Waals surface area contributed by atoms with Gasteiger partial charge in [0.25, 0.3) is 5.91 Å². The maximum absolute atomic E-state index is 12.7. The van der Waals surface area contributed by atoms with Crippen LogP contribution in [-0.2, 0) is 11.3 Å². The summed E-state index contributed by atoms with van der Waals surface area (Å²) in [5.74, 6) is 1.84. The Bertz CT molecular complexity index is 916. The lowest BCUT2D eigenvalue weighted by Gasteiger charge is -2.22. The summed E-state index contributed by atoms with van der Waals surface area (Å²) in [5.41, 5.74) is 2.65. The minimum absolute atomic E-state index is 0.0556. The molecule has 6 nitrogen and oxygen atoms in total. The summed E-state index contributed by atoms with van der Waals surface area (Å²) >= 11 is 1.64. The van der Waals surface area contributed by atoms with Gasteiger partial charge in [0.1, 0.15) is 11.4 Å². The van der Waals surface area contributed by atoms with Gasteiger partial charge >= 0.3 is 0 Å². The Balaban J connectivity index is 1.29. The van der Waals surface area contributed by atoms with E-state index in [2.05, 4.69) is 5.32 Å². The van der Waals surface area contributed by atoms with Crippen LogP contribution in [0.2, 0.25) is 0 Å². The summed E-state index contributed by atoms with van der Waals surface area (Å²) in [4.78, 5) is 27.1. The van der Waals surface area contributed by atoms with Crippen LogP contribution in [0.1, 0.15) is 26.9 Å². The summed E-state index contributed by atoms with van der Waals surface area (Å²) in [5, 5.41) is 2.89. The van der Waals surface area contributed by atoms with E-state index in [4.69, 9.17) is 9.47 Å². The SMILES string of the molecule is O=C(NCc1ccc2c(c1)OCO2)C1CSC2c3ccccc3C(=O)N12. The van der Waals surface area contributed by atoms with Crippen LogP contribution in [-0.4, -0.2) is 35.3 Å². The Morgan fingerprint density at radius 3 is 2.96 bits per heavy atom. The average Bonchev–Trinajstić information content (AvgIpc) is 3.36. The molecule has 2 amide bonds. The van der Waals surface area contributed by atoms with E-state index < -0.39 is 6.04 Å². The predicted molar refractivity (Wildman–Crippen MR) is 96.0 cm³/mol. The van der Waals surface area contributed by atoms with Crippen LogP contribution in [0.3, 0.4) is 0 Å². The third-order valence-corrected chi connectivity index (χ3v) is 6.20. The van der Waals surface area contributed by atoms with Gasteiger partial charge in [0.15, 0.2) is 11.5 Å². The van der Waals surface area contributed by atoms with Crippen molar-refractivity contribution >= 4 is 23.6 Å². The van der Waals surface area contributed by atoms with Gasteiger partial charge in [-0.3, -0.25) is 9.59 Å². The number of thioether (sulfide) groups is 1. The molecular formula is C19H16N2O4S. The molecule has 2 aromatic rings. The summed E-state index contributed by atoms with van der Waals surface area (Å²) in [7, 11) is 0. The van der Waals surface area contributed by atoms with E-state index in [1.165, 1.54) is 0 Å². The van der Waals surface area contributed by atoms with Crippen molar-refractivity contribution in [2.45, 2.75) is 18.0 Å². The standard InChI is InChI=1S/C19H16N2O4S/c22-17(20-8-11-5-6-15-16(7-11)25-10-24-15)14-9-26-19-13-4-2-1-3-12(13)18(23)21(14)19/h1-7,14,19H,8-10H2,(H,20,22). The first kappa shape index (κ1) is 15.6. The van der Waals surface area contributed by atoms with Crippen molar-refractivity contribution in [1.82, 2.24) is 10.2 Å². The van der Waals surface area contributed by atoms with Crippen molar-refractivity contribution in [3.63, 3.8) is 0 Å². The highest BCUT2D eigenvalue weighted by molar-refractivity contribution is 7.99. The lowest BCUT2D eigenvalue weighted by atomic mass is 10.1. The molecule has 3 aliphatic rings. The molecular weight excluding hydrogens is 352 g/mol. The van der Waals surface area contributed by atoms with Gasteiger partial charge in [-0.2, -0.15) is 0 Å². The number of benzene rings is 2. The van der Waals surface area contributed by atoms with Crippen molar-refractivity contribution < 1.29 is 19.1 Å². The molecule has 0 saturated carbocycles. The number of amides is 2. The highest BCUT2D eigenvalue weighted by atomic mass is 32.2. The van der Waals surface area contributed by atoms with Crippen LogP contribution in [0.15, 0.2) is 42.5 Å². The van der Waals surface area contributed by atoms with E-state index in [0.717, 1.165) is 16.9 Å². The fourth-order valence-electron chi connectivity index (χ4n) is 3.60. The minimum Gasteiger partial charge on any atom is -0.454 e. The van der Waals surface area contributed by atoms with Gasteiger partial charge < -0.3 is 19.7 Å². The lowest BCUT2D eigenvalue weighted by molar-refractivity contribution is -0.124. The number of fused-ring (bicyclic) bond motifs is 4. The van der Waals surface area contributed by atoms with Crippen molar-refractivity contribution in [3.8, 4) is 11.5 Å². The molecule has 0 aromatic heterocycles. The summed E-state index contributed by atoms with van der Waals surface area (Å²) < 4.78 is 10.7. The summed E-state index contributed by atoms with van der Waals surface area (Å²) in [6.45, 7) is 0.611. The molecule has 26 heavy (non-hydrogen) atoms. The molecule has 1 fully saturated rings. The molecule has 3 aliphatic heterocycles. The van der Waals surface area contributed by atoms with Gasteiger partial charge in [0, 0.05) is 17.9 Å². The molecule has 0 spiro atoms. The van der Waals surface area contributed by atoms with Gasteiger partial charge in [-0.1, -0.05) is 24.3 Å². The topological polar surface area (TPSA) is 67.9 Å². The van der Waals surface area contributed by atoms with Gasteiger partial charge in [-0.05, 0) is 29.3 Å². The fourth-order valence-corrected chi connectivity index (χ4v) is 5.07. The van der Waals surface area contributed by atoms with Crippen LogP contribution in [0.25, 0.3) is 0 Å². The van der Waals surface area contributed by atoms with Crippen LogP contribution < -0.4 is 14.8 Å². The third kappa shape index (κ3) is 2.34. The van der Waals surface area contributed by atoms with Crippen molar-refractivity contribution in [2.24, 2.45) is 0 Å². The largest absolute Gasteiger partial charge is 0.454 e. The first-order chi connectivity index (χ1) is 12.7. The van der Waals surface area contributed by atoms with Crippen molar-refractivity contribution in [3.05, 3.63) is 59.2 Å². The van der Waals surface area contributed by atoms with Gasteiger partial charge in [-0.25, -0.2) is 0 Å². The zero-order valence-corrected chi connectivity index (χ0v) is 14.6. The van der Waals surface area contributed by atoms with Crippen LogP contribution in [0.4, 0.5) is 0 Å². The van der Waals surface area contributed by atoms with E-state index in [-0.39, 0.29) is 24.0 Å². The van der Waals surface area contributed by atoms with Gasteiger partial charge in [0.05, 0.1) is 0 Å². The monoisotopic (exact) mass is 368 g/mol. The zero-order chi connectivity index (χ0) is 17.7. The fraction of sp³-hybridized carbons (Fsp3) is 0.263. The number of carbonyl (C=O) groups excluding carboxylic acids is 2. The number of carbonyl (C=O) groups is 2. The molecule has 7 heteroatoms. The van der Waals surface area contributed by atoms with E-state index in [0.29, 0.717) is 23.6 Å². The molecule has 2 aromatic carbocycles. The highest BCUT2D eigenvalue weighted by Gasteiger charge is 2.48. The van der Waals surface area contributed by atoms with Crippen LogP contribution in [0, 0.1) is 0 Å². The average molecular weight is 368 g/mol. The Labute approximate surface area is 154 Å². The summed E-state index contributed by atoms with van der Waals surface area (Å²) in [6.07, 6.45) is 0. The first-order valence-electron chi connectivity index (χ1n) is 8.42. The van der Waals surface area contributed by atoms with Crippen molar-refractivity contribution in [1.29, 1.82) is 0 Å². The second kappa shape index (κ2) is 5.95. The normalized spacial score (nSPS) is 22.3. The number of hydrogen-bond acceptors (Lipinski definition) is 5. The molecule has 0 radical (unpaired) electrons. The molecule has 0 bridgehead atoms. The van der Waals surface area contributed by atoms with E-state index in [9.17, 15) is 9.59 Å². The van der Waals surface area contributed by atoms with E-state index in [1.807, 2.05) is 42.5 Å². The summed E-state index contributed by atoms with van der Waals surface area (Å²) in [6, 6.07) is 12.8. The Morgan fingerprint density at radius 1 is 1.19 bits per heavy atom. The maximum atomic E-state index is 12.7. The van der Waals surface area contributed by atoms with Crippen LogP contribution in [0.5, 0.6) is 11.5 Å². The van der Waals surface area contributed by atoms with Gasteiger partial charge in [-0.15, -0.1) is 11.8 Å². The number of nitrogens with zero attached hydrogens (tertiary/aromatic N) is 1. The molecule has 2 unspecified atom stereocenters. The number of ether oxygens (including phenoxy) is 2. The predicted octanol–water partition coefficient (Wildman–Crippen LogP) is 2.30. The molecule has 0 aliphatic carbocycles. The molecule has 3 heterocycles. The Hall–Kier alpha value is -2.67. The highest BCUT2D eigenvalue weighted by Crippen LogP contribution is 2.48. The number of hydrogen-bond donors (Lipinski definition) is 1. The zero-order valence-electron chi connectivity index (χ0n) is 13.8. The number of nitrogens with one attached hydrogen (secondary N) is 1. The van der Waals surface area contributed by atoms with Crippen LogP contribution >= 0.6 is 11.8 Å². The molecule has 5 rings (SSSR count). The number of rotatable bonds is 3. The third-order valence-electron chi connectivity index (χ3n) is 4.90. The maximum Gasteiger partial charge on any atom is 0.256 e. The molecule has 132 valence electrons. The van der Waals surface area contributed by atoms with Crippen molar-refractivity contribution in [2.75, 3.05) is 12.5 Å². The van der Waals surface area contributed by atoms with Gasteiger partial charge in [0.2, 0.25) is 12.7 Å². The Morgan fingerprint density at radius 2 is 2.04 bits per heavy atom.